The molecule has 0 radical (unpaired) electrons. The molecule has 35 heavy (non-hydrogen) atoms. The van der Waals surface area contributed by atoms with E-state index in [1.807, 2.05) is 30.3 Å². The Morgan fingerprint density at radius 1 is 1.09 bits per heavy atom. The van der Waals surface area contributed by atoms with E-state index < -0.39 is 22.5 Å². The quantitative estimate of drug-likeness (QED) is 0.273. The number of phenolic OH excluding ortho intramolecular Hbond substituents is 1. The van der Waals surface area contributed by atoms with Gasteiger partial charge in [0.1, 0.15) is 0 Å². The van der Waals surface area contributed by atoms with Gasteiger partial charge in [0, 0.05) is 16.6 Å². The summed E-state index contributed by atoms with van der Waals surface area (Å²) in [6.45, 7) is 1.87. The van der Waals surface area contributed by atoms with E-state index in [2.05, 4.69) is 26.5 Å². The molecule has 3 aromatic rings. The number of halogens is 1. The summed E-state index contributed by atoms with van der Waals surface area (Å²) >= 11 is 3.30. The molecule has 8 nitrogen and oxygen atoms in total. The van der Waals surface area contributed by atoms with Crippen LogP contribution in [0, 0.1) is 0 Å². The minimum atomic E-state index is -3.94. The Morgan fingerprint density at radius 2 is 1.80 bits per heavy atom. The predicted octanol–water partition coefficient (Wildman–Crippen LogP) is 3.94. The van der Waals surface area contributed by atoms with Gasteiger partial charge in [-0.15, -0.1) is 0 Å². The van der Waals surface area contributed by atoms with Crippen LogP contribution >= 0.6 is 15.9 Å². The van der Waals surface area contributed by atoms with Gasteiger partial charge in [-0.2, -0.15) is 9.41 Å². The molecule has 0 aliphatic heterocycles. The van der Waals surface area contributed by atoms with E-state index in [4.69, 9.17) is 4.74 Å². The van der Waals surface area contributed by atoms with Crippen LogP contribution in [-0.4, -0.2) is 49.6 Å². The van der Waals surface area contributed by atoms with Crippen molar-refractivity contribution >= 4 is 38.1 Å². The number of carbonyl (C=O) groups excluding carboxylic acids is 1. The Bertz CT molecular complexity index is 1270. The lowest BCUT2D eigenvalue weighted by molar-refractivity contribution is -0.121. The first-order valence-electron chi connectivity index (χ1n) is 10.9. The fourth-order valence-electron chi connectivity index (χ4n) is 3.22. The van der Waals surface area contributed by atoms with Crippen LogP contribution in [0.15, 0.2) is 87.3 Å². The minimum absolute atomic E-state index is 0.0859. The topological polar surface area (TPSA) is 108 Å². The lowest BCUT2D eigenvalue weighted by Crippen LogP contribution is -2.40. The predicted molar refractivity (Wildman–Crippen MR) is 138 cm³/mol. The number of sulfonamides is 1. The number of hydrogen-bond donors (Lipinski definition) is 2. The number of para-hydroxylation sites is 1. The molecule has 3 rings (SSSR count). The Labute approximate surface area is 213 Å². The van der Waals surface area contributed by atoms with Gasteiger partial charge in [-0.05, 0) is 55.3 Å². The second-order valence-electron chi connectivity index (χ2n) is 7.45. The highest BCUT2D eigenvalue weighted by molar-refractivity contribution is 9.10. The second kappa shape index (κ2) is 12.5. The fourth-order valence-corrected chi connectivity index (χ4v) is 4.88. The molecule has 0 fully saturated rings. The molecule has 3 aromatic carbocycles. The van der Waals surface area contributed by atoms with Crippen LogP contribution in [0.4, 0.5) is 0 Å². The first kappa shape index (κ1) is 26.4. The second-order valence-corrected chi connectivity index (χ2v) is 10.3. The molecule has 0 saturated carbocycles. The van der Waals surface area contributed by atoms with Gasteiger partial charge in [-0.3, -0.25) is 4.79 Å². The zero-order chi connectivity index (χ0) is 25.3. The summed E-state index contributed by atoms with van der Waals surface area (Å²) in [5.74, 6) is -0.416. The number of benzene rings is 3. The minimum Gasteiger partial charge on any atom is -0.504 e. The van der Waals surface area contributed by atoms with Gasteiger partial charge in [0.2, 0.25) is 10.0 Å². The highest BCUT2D eigenvalue weighted by Crippen LogP contribution is 2.28. The van der Waals surface area contributed by atoms with Crippen LogP contribution in [0.1, 0.15) is 18.1 Å². The molecule has 0 spiro atoms. The van der Waals surface area contributed by atoms with Crippen molar-refractivity contribution in [1.29, 1.82) is 0 Å². The molecule has 0 aliphatic carbocycles. The van der Waals surface area contributed by atoms with E-state index in [9.17, 15) is 18.3 Å². The number of carbonyl (C=O) groups is 1. The van der Waals surface area contributed by atoms with E-state index in [1.54, 1.807) is 37.3 Å². The highest BCUT2D eigenvalue weighted by Gasteiger charge is 2.26. The number of hydrogen-bond acceptors (Lipinski definition) is 6. The van der Waals surface area contributed by atoms with Crippen LogP contribution in [0.3, 0.4) is 0 Å². The van der Waals surface area contributed by atoms with Gasteiger partial charge in [0.05, 0.1) is 24.3 Å². The summed E-state index contributed by atoms with van der Waals surface area (Å²) in [6, 6.07) is 20.6. The Hall–Kier alpha value is -3.21. The number of nitrogens with zero attached hydrogens (tertiary/aromatic N) is 2. The zero-order valence-corrected chi connectivity index (χ0v) is 21.5. The van der Waals surface area contributed by atoms with Crippen LogP contribution in [0.25, 0.3) is 0 Å². The van der Waals surface area contributed by atoms with Crippen molar-refractivity contribution in [2.45, 2.75) is 18.2 Å². The maximum absolute atomic E-state index is 13.3. The maximum Gasteiger partial charge on any atom is 0.255 e. The Morgan fingerprint density at radius 3 is 2.49 bits per heavy atom. The summed E-state index contributed by atoms with van der Waals surface area (Å²) < 4.78 is 33.8. The van der Waals surface area contributed by atoms with Gasteiger partial charge >= 0.3 is 0 Å². The Kier molecular flexibility index (Phi) is 9.41. The van der Waals surface area contributed by atoms with Crippen molar-refractivity contribution in [3.63, 3.8) is 0 Å². The molecule has 0 heterocycles. The van der Waals surface area contributed by atoms with Crippen molar-refractivity contribution in [1.82, 2.24) is 9.73 Å². The maximum atomic E-state index is 13.3. The molecule has 0 bridgehead atoms. The standard InChI is InChI=1S/C25H26BrN3O5S/c1-2-34-23-10-6-9-20(25(23)31)17-27-28-24(30)18-29(16-15-19-7-4-3-5-8-19)35(32,33)22-13-11-21(26)12-14-22/h3-14,17,31H,2,15-16,18H2,1H3,(H,28,30)/b27-17-. The molecule has 0 aliphatic rings. The van der Waals surface area contributed by atoms with Gasteiger partial charge < -0.3 is 9.84 Å². The number of aromatic hydroxyl groups is 1. The molecular weight excluding hydrogens is 534 g/mol. The lowest BCUT2D eigenvalue weighted by Gasteiger charge is -2.21. The summed E-state index contributed by atoms with van der Waals surface area (Å²) in [6.07, 6.45) is 1.71. The van der Waals surface area contributed by atoms with E-state index in [1.165, 1.54) is 18.3 Å². The monoisotopic (exact) mass is 559 g/mol. The van der Waals surface area contributed by atoms with Gasteiger partial charge in [-0.25, -0.2) is 13.8 Å². The summed E-state index contributed by atoms with van der Waals surface area (Å²) in [4.78, 5) is 12.7. The van der Waals surface area contributed by atoms with E-state index >= 15 is 0 Å². The number of nitrogens with one attached hydrogen (secondary N) is 1. The fraction of sp³-hybridized carbons (Fsp3) is 0.200. The van der Waals surface area contributed by atoms with Crippen molar-refractivity contribution in [3.05, 3.63) is 88.4 Å². The first-order chi connectivity index (χ1) is 16.8. The zero-order valence-electron chi connectivity index (χ0n) is 19.1. The third kappa shape index (κ3) is 7.38. The van der Waals surface area contributed by atoms with Crippen LogP contribution in [-0.2, 0) is 21.2 Å². The molecule has 0 unspecified atom stereocenters. The molecule has 10 heteroatoms. The Balaban J connectivity index is 1.74. The average molecular weight is 560 g/mol. The molecule has 2 N–H and O–H groups in total. The first-order valence-corrected chi connectivity index (χ1v) is 13.1. The van der Waals surface area contributed by atoms with Gasteiger partial charge in [0.25, 0.3) is 5.91 Å². The summed E-state index contributed by atoms with van der Waals surface area (Å²) in [5.41, 5.74) is 3.63. The molecule has 184 valence electrons. The van der Waals surface area contributed by atoms with Crippen molar-refractivity contribution < 1.29 is 23.1 Å². The number of rotatable bonds is 11. The molecule has 0 saturated heterocycles. The highest BCUT2D eigenvalue weighted by atomic mass is 79.9. The number of hydrazone groups is 1. The molecule has 1 amide bonds. The largest absolute Gasteiger partial charge is 0.504 e. The molecule has 0 atom stereocenters. The van der Waals surface area contributed by atoms with Gasteiger partial charge in [0.15, 0.2) is 11.5 Å². The van der Waals surface area contributed by atoms with Crippen molar-refractivity contribution in [2.24, 2.45) is 5.10 Å². The van der Waals surface area contributed by atoms with Crippen LogP contribution in [0.2, 0.25) is 0 Å². The normalized spacial score (nSPS) is 11.6. The number of phenols is 1. The average Bonchev–Trinajstić information content (AvgIpc) is 2.85. The van der Waals surface area contributed by atoms with Crippen molar-refractivity contribution in [2.75, 3.05) is 19.7 Å². The molecule has 0 aromatic heterocycles. The van der Waals surface area contributed by atoms with E-state index in [0.717, 1.165) is 14.3 Å². The third-order valence-electron chi connectivity index (χ3n) is 4.99. The van der Waals surface area contributed by atoms with E-state index in [0.29, 0.717) is 24.3 Å². The smallest absolute Gasteiger partial charge is 0.255 e. The van der Waals surface area contributed by atoms with E-state index in [-0.39, 0.29) is 17.2 Å². The summed E-state index contributed by atoms with van der Waals surface area (Å²) in [7, 11) is -3.94. The van der Waals surface area contributed by atoms with Crippen molar-refractivity contribution in [3.8, 4) is 11.5 Å². The van der Waals surface area contributed by atoms with Crippen LogP contribution < -0.4 is 10.2 Å². The number of amides is 1. The van der Waals surface area contributed by atoms with Gasteiger partial charge in [-0.1, -0.05) is 52.3 Å². The molecular formula is C25H26BrN3O5S. The number of ether oxygens (including phenoxy) is 1. The summed E-state index contributed by atoms with van der Waals surface area (Å²) in [5, 5.41) is 14.1. The SMILES string of the molecule is CCOc1cccc(/C=N\NC(=O)CN(CCc2ccccc2)S(=O)(=O)c2ccc(Br)cc2)c1O. The third-order valence-corrected chi connectivity index (χ3v) is 7.38. The lowest BCUT2D eigenvalue weighted by atomic mass is 10.1. The van der Waals surface area contributed by atoms with Crippen LogP contribution in [0.5, 0.6) is 11.5 Å².